The van der Waals surface area contributed by atoms with Crippen LogP contribution in [0.2, 0.25) is 32.7 Å². The van der Waals surface area contributed by atoms with Crippen molar-refractivity contribution in [2.45, 2.75) is 77.9 Å². The predicted molar refractivity (Wildman–Crippen MR) is 84.5 cm³/mol. The summed E-state index contributed by atoms with van der Waals surface area (Å²) in [6, 6.07) is 1.13. The average molecular weight is 320 g/mol. The van der Waals surface area contributed by atoms with E-state index in [1.807, 2.05) is 0 Å². The molecule has 0 bridgehead atoms. The minimum atomic E-state index is -2.30. The van der Waals surface area contributed by atoms with Gasteiger partial charge >= 0.3 is 25.8 Å². The van der Waals surface area contributed by atoms with Crippen LogP contribution in [0.1, 0.15) is 33.1 Å². The number of piperidine rings is 1. The minimum Gasteiger partial charge on any atom is -0.416 e. The molecule has 112 valence electrons. The molecule has 0 aromatic rings. The van der Waals surface area contributed by atoms with Crippen molar-refractivity contribution in [3.05, 3.63) is 0 Å². The van der Waals surface area contributed by atoms with Gasteiger partial charge in [-0.25, -0.2) is 0 Å². The Balaban J connectivity index is 2.29. The largest absolute Gasteiger partial charge is 0.416 e. The van der Waals surface area contributed by atoms with Crippen molar-refractivity contribution < 1.29 is 12.3 Å². The van der Waals surface area contributed by atoms with Crippen LogP contribution in [0.25, 0.3) is 0 Å². The van der Waals surface area contributed by atoms with Crippen LogP contribution < -0.4 is 0 Å². The summed E-state index contributed by atoms with van der Waals surface area (Å²) in [5.41, 5.74) is 0. The second-order valence-corrected chi connectivity index (χ2v) is 17.4. The molecule has 2 unspecified atom stereocenters. The van der Waals surface area contributed by atoms with Crippen LogP contribution in [0, 0.1) is 0 Å². The maximum Gasteiger partial charge on any atom is 0.407 e. The van der Waals surface area contributed by atoms with Gasteiger partial charge in [0.1, 0.15) is 0 Å². The van der Waals surface area contributed by atoms with Gasteiger partial charge in [0, 0.05) is 12.1 Å². The molecule has 7 heteroatoms. The van der Waals surface area contributed by atoms with Gasteiger partial charge in [0.05, 0.1) is 0 Å². The Morgan fingerprint density at radius 2 is 1.21 bits per heavy atom. The van der Waals surface area contributed by atoms with Gasteiger partial charge in [-0.05, 0) is 59.4 Å². The quantitative estimate of drug-likeness (QED) is 0.694. The van der Waals surface area contributed by atoms with Crippen LogP contribution in [0.3, 0.4) is 0 Å². The van der Waals surface area contributed by atoms with E-state index in [0.29, 0.717) is 12.1 Å². The first kappa shape index (κ1) is 15.9. The lowest BCUT2D eigenvalue weighted by Crippen LogP contribution is -2.74. The molecule has 0 amide bonds. The maximum absolute atomic E-state index is 6.47. The molecule has 0 spiro atoms. The predicted octanol–water partition coefficient (Wildman–Crippen LogP) is 3.29. The molecule has 2 heterocycles. The van der Waals surface area contributed by atoms with Crippen molar-refractivity contribution in [3.63, 3.8) is 0 Å². The third kappa shape index (κ3) is 3.39. The van der Waals surface area contributed by atoms with Crippen molar-refractivity contribution in [1.82, 2.24) is 4.57 Å². The van der Waals surface area contributed by atoms with Gasteiger partial charge in [0.2, 0.25) is 0 Å². The molecule has 0 N–H and O–H groups in total. The fourth-order valence-electron chi connectivity index (χ4n) is 3.89. The molecule has 2 aliphatic heterocycles. The molecule has 0 aliphatic carbocycles. The highest BCUT2D eigenvalue weighted by Crippen LogP contribution is 2.37. The van der Waals surface area contributed by atoms with E-state index in [-0.39, 0.29) is 0 Å². The van der Waals surface area contributed by atoms with Crippen LogP contribution in [0.15, 0.2) is 0 Å². The Kier molecular flexibility index (Phi) is 4.21. The van der Waals surface area contributed by atoms with Gasteiger partial charge in [-0.3, -0.25) is 4.57 Å². The Labute approximate surface area is 121 Å². The van der Waals surface area contributed by atoms with Crippen molar-refractivity contribution >= 4 is 25.8 Å². The molecule has 19 heavy (non-hydrogen) atoms. The summed E-state index contributed by atoms with van der Waals surface area (Å²) in [7, 11) is -6.40. The summed E-state index contributed by atoms with van der Waals surface area (Å²) < 4.78 is 21.7. The third-order valence-electron chi connectivity index (χ3n) is 4.02. The first-order chi connectivity index (χ1) is 8.55. The number of hydrogen-bond acceptors (Lipinski definition) is 4. The fourth-order valence-corrected chi connectivity index (χ4v) is 20.3. The Morgan fingerprint density at radius 3 is 1.63 bits per heavy atom. The maximum atomic E-state index is 6.47. The molecule has 2 saturated heterocycles. The zero-order chi connectivity index (χ0) is 14.5. The van der Waals surface area contributed by atoms with E-state index in [1.165, 1.54) is 19.3 Å². The van der Waals surface area contributed by atoms with Crippen LogP contribution in [-0.2, 0) is 12.3 Å². The number of hydrogen-bond donors (Lipinski definition) is 0. The highest BCUT2D eigenvalue weighted by molar-refractivity contribution is 6.92. The van der Waals surface area contributed by atoms with Gasteiger partial charge < -0.3 is 12.3 Å². The standard InChI is InChI=1S/C12H29NO3Si3/c1-11-9-8-10-12(2)13(11)19(7)15-17(3,4)14-18(5,6)16-19/h11-12H,8-10H2,1-7H3. The molecular weight excluding hydrogens is 290 g/mol. The van der Waals surface area contributed by atoms with Gasteiger partial charge in [-0.1, -0.05) is 6.42 Å². The molecule has 0 aromatic carbocycles. The smallest absolute Gasteiger partial charge is 0.407 e. The van der Waals surface area contributed by atoms with E-state index in [9.17, 15) is 0 Å². The lowest BCUT2D eigenvalue weighted by molar-refractivity contribution is 0.102. The highest BCUT2D eigenvalue weighted by atomic mass is 28.5. The topological polar surface area (TPSA) is 30.9 Å². The zero-order valence-electron chi connectivity index (χ0n) is 13.4. The second-order valence-electron chi connectivity index (χ2n) is 7.04. The molecule has 2 aliphatic rings. The second kappa shape index (κ2) is 5.04. The molecule has 0 radical (unpaired) electrons. The van der Waals surface area contributed by atoms with Crippen molar-refractivity contribution in [3.8, 4) is 0 Å². The Bertz CT molecular complexity index is 325. The fraction of sp³-hybridized carbons (Fsp3) is 1.00. The van der Waals surface area contributed by atoms with E-state index in [4.69, 9.17) is 12.3 Å². The zero-order valence-corrected chi connectivity index (χ0v) is 16.4. The SMILES string of the molecule is CC1CCCC(C)N1[Si]1(C)O[Si](C)(C)O[Si](C)(C)O1. The normalized spacial score (nSPS) is 38.1. The van der Waals surface area contributed by atoms with E-state index < -0.39 is 25.8 Å². The molecule has 0 saturated carbocycles. The summed E-state index contributed by atoms with van der Waals surface area (Å²) in [4.78, 5) is 0. The first-order valence-electron chi connectivity index (χ1n) is 7.44. The van der Waals surface area contributed by atoms with Crippen molar-refractivity contribution in [2.75, 3.05) is 0 Å². The summed E-state index contributed by atoms with van der Waals surface area (Å²) in [6.07, 6.45) is 3.83. The lowest BCUT2D eigenvalue weighted by atomic mass is 10.0. The van der Waals surface area contributed by atoms with Crippen molar-refractivity contribution in [1.29, 1.82) is 0 Å². The Morgan fingerprint density at radius 1 is 0.789 bits per heavy atom. The molecular formula is C12H29NO3Si3. The molecule has 0 aromatic heterocycles. The molecule has 4 nitrogen and oxygen atoms in total. The summed E-state index contributed by atoms with van der Waals surface area (Å²) in [5, 5.41) is 0. The van der Waals surface area contributed by atoms with E-state index in [2.05, 4.69) is 51.1 Å². The van der Waals surface area contributed by atoms with Crippen LogP contribution in [0.4, 0.5) is 0 Å². The van der Waals surface area contributed by atoms with Crippen LogP contribution in [-0.4, -0.2) is 42.5 Å². The molecule has 2 fully saturated rings. The number of nitrogens with zero attached hydrogens (tertiary/aromatic N) is 1. The summed E-state index contributed by atoms with van der Waals surface area (Å²) in [6.45, 7) is 15.5. The lowest BCUT2D eigenvalue weighted by Gasteiger charge is -2.55. The first-order valence-corrected chi connectivity index (χ1v) is 15.3. The van der Waals surface area contributed by atoms with Gasteiger partial charge in [0.15, 0.2) is 0 Å². The Hall–Kier alpha value is 0.491. The van der Waals surface area contributed by atoms with Gasteiger partial charge in [0.25, 0.3) is 0 Å². The summed E-state index contributed by atoms with van der Waals surface area (Å²) in [5.74, 6) is 0. The average Bonchev–Trinajstić information content (AvgIpc) is 2.09. The monoisotopic (exact) mass is 319 g/mol. The third-order valence-corrected chi connectivity index (χ3v) is 16.7. The van der Waals surface area contributed by atoms with Crippen LogP contribution in [0.5, 0.6) is 0 Å². The summed E-state index contributed by atoms with van der Waals surface area (Å²) >= 11 is 0. The molecule has 2 atom stereocenters. The minimum absolute atomic E-state index is 0.563. The van der Waals surface area contributed by atoms with E-state index >= 15 is 0 Å². The van der Waals surface area contributed by atoms with Gasteiger partial charge in [-0.15, -0.1) is 0 Å². The van der Waals surface area contributed by atoms with Crippen molar-refractivity contribution in [2.24, 2.45) is 0 Å². The van der Waals surface area contributed by atoms with Gasteiger partial charge in [-0.2, -0.15) is 0 Å². The number of rotatable bonds is 1. The molecule has 2 rings (SSSR count). The highest BCUT2D eigenvalue weighted by Gasteiger charge is 2.58. The van der Waals surface area contributed by atoms with Crippen LogP contribution >= 0.6 is 0 Å². The van der Waals surface area contributed by atoms with E-state index in [0.717, 1.165) is 0 Å². The van der Waals surface area contributed by atoms with E-state index in [1.54, 1.807) is 0 Å².